The third kappa shape index (κ3) is 4.03. The zero-order valence-corrected chi connectivity index (χ0v) is 11.8. The van der Waals surface area contributed by atoms with Crippen molar-refractivity contribution in [3.8, 4) is 0 Å². The van der Waals surface area contributed by atoms with Gasteiger partial charge in [-0.1, -0.05) is 19.1 Å². The van der Waals surface area contributed by atoms with Crippen molar-refractivity contribution in [1.29, 1.82) is 0 Å². The van der Waals surface area contributed by atoms with Gasteiger partial charge >= 0.3 is 12.0 Å². The van der Waals surface area contributed by atoms with Gasteiger partial charge in [0.15, 0.2) is 0 Å². The number of aliphatic carboxylic acids is 1. The van der Waals surface area contributed by atoms with Crippen molar-refractivity contribution in [3.05, 3.63) is 28.7 Å². The molecule has 0 spiro atoms. The molecular weight excluding hydrogens is 300 g/mol. The molecule has 5 nitrogen and oxygen atoms in total. The van der Waals surface area contributed by atoms with Crippen molar-refractivity contribution in [3.63, 3.8) is 0 Å². The number of nitrogens with one attached hydrogen (secondary N) is 1. The molecule has 1 rings (SSSR count). The average Bonchev–Trinajstić information content (AvgIpc) is 2.31. The Kier molecular flexibility index (Phi) is 5.15. The first kappa shape index (κ1) is 14.5. The number of urea groups is 1. The number of benzene rings is 1. The number of carboxylic acids is 1. The van der Waals surface area contributed by atoms with Crippen LogP contribution in [0.5, 0.6) is 0 Å². The minimum Gasteiger partial charge on any atom is -0.481 e. The molecule has 0 aliphatic carbocycles. The number of anilines is 1. The van der Waals surface area contributed by atoms with E-state index in [-0.39, 0.29) is 12.6 Å². The molecule has 98 valence electrons. The highest BCUT2D eigenvalue weighted by molar-refractivity contribution is 9.10. The van der Waals surface area contributed by atoms with E-state index < -0.39 is 11.9 Å². The Morgan fingerprint density at radius 1 is 1.44 bits per heavy atom. The summed E-state index contributed by atoms with van der Waals surface area (Å²) < 4.78 is 0.776. The summed E-state index contributed by atoms with van der Waals surface area (Å²) >= 11 is 3.32. The van der Waals surface area contributed by atoms with Gasteiger partial charge in [-0.2, -0.15) is 0 Å². The molecule has 18 heavy (non-hydrogen) atoms. The second-order valence-electron chi connectivity index (χ2n) is 4.03. The number of nitrogens with zero attached hydrogens (tertiary/aromatic N) is 1. The van der Waals surface area contributed by atoms with E-state index in [0.717, 1.165) is 4.47 Å². The largest absolute Gasteiger partial charge is 0.481 e. The van der Waals surface area contributed by atoms with Gasteiger partial charge < -0.3 is 15.3 Å². The number of hydrogen-bond donors (Lipinski definition) is 2. The van der Waals surface area contributed by atoms with Crippen molar-refractivity contribution in [2.24, 2.45) is 5.92 Å². The summed E-state index contributed by atoms with van der Waals surface area (Å²) in [5.41, 5.74) is 0.650. The number of rotatable bonds is 4. The van der Waals surface area contributed by atoms with E-state index in [4.69, 9.17) is 5.11 Å². The zero-order valence-electron chi connectivity index (χ0n) is 10.2. The smallest absolute Gasteiger partial charge is 0.321 e. The summed E-state index contributed by atoms with van der Waals surface area (Å²) in [7, 11) is 1.56. The standard InChI is InChI=1S/C12H15BrN2O3/c1-8(11(16)17)7-15(2)12(18)14-10-6-4-3-5-9(10)13/h3-6,8H,7H2,1-2H3,(H,14,18)(H,16,17). The lowest BCUT2D eigenvalue weighted by Crippen LogP contribution is -2.36. The van der Waals surface area contributed by atoms with Crippen LogP contribution < -0.4 is 5.32 Å². The molecule has 0 bridgehead atoms. The van der Waals surface area contributed by atoms with E-state index in [2.05, 4.69) is 21.2 Å². The number of hydrogen-bond acceptors (Lipinski definition) is 2. The van der Waals surface area contributed by atoms with Crippen molar-refractivity contribution in [2.75, 3.05) is 18.9 Å². The highest BCUT2D eigenvalue weighted by Gasteiger charge is 2.17. The highest BCUT2D eigenvalue weighted by atomic mass is 79.9. The maximum absolute atomic E-state index is 11.8. The molecule has 0 aromatic heterocycles. The van der Waals surface area contributed by atoms with Gasteiger partial charge in [0.1, 0.15) is 0 Å². The predicted molar refractivity (Wildman–Crippen MR) is 72.6 cm³/mol. The summed E-state index contributed by atoms with van der Waals surface area (Å²) in [6.45, 7) is 1.72. The molecule has 2 amide bonds. The van der Waals surface area contributed by atoms with Crippen LogP contribution in [0, 0.1) is 5.92 Å². The lowest BCUT2D eigenvalue weighted by atomic mass is 10.2. The predicted octanol–water partition coefficient (Wildman–Crippen LogP) is 2.63. The van der Waals surface area contributed by atoms with Gasteiger partial charge in [0, 0.05) is 18.1 Å². The van der Waals surface area contributed by atoms with Crippen molar-refractivity contribution in [2.45, 2.75) is 6.92 Å². The van der Waals surface area contributed by atoms with E-state index in [9.17, 15) is 9.59 Å². The van der Waals surface area contributed by atoms with Crippen LogP contribution in [0.25, 0.3) is 0 Å². The van der Waals surface area contributed by atoms with E-state index in [1.165, 1.54) is 4.90 Å². The Bertz CT molecular complexity index is 451. The molecule has 2 N–H and O–H groups in total. The van der Waals surface area contributed by atoms with Crippen molar-refractivity contribution >= 4 is 33.6 Å². The fourth-order valence-corrected chi connectivity index (χ4v) is 1.73. The van der Waals surface area contributed by atoms with E-state index >= 15 is 0 Å². The zero-order chi connectivity index (χ0) is 13.7. The minimum atomic E-state index is -0.921. The lowest BCUT2D eigenvalue weighted by Gasteiger charge is -2.20. The number of halogens is 1. The Balaban J connectivity index is 2.61. The Hall–Kier alpha value is -1.56. The molecule has 6 heteroatoms. The molecule has 0 saturated carbocycles. The summed E-state index contributed by atoms with van der Waals surface area (Å²) in [6.07, 6.45) is 0. The van der Waals surface area contributed by atoms with Gasteiger partial charge in [0.05, 0.1) is 11.6 Å². The lowest BCUT2D eigenvalue weighted by molar-refractivity contribution is -0.141. The van der Waals surface area contributed by atoms with Crippen LogP contribution in [-0.4, -0.2) is 35.6 Å². The van der Waals surface area contributed by atoms with Crippen LogP contribution in [0.2, 0.25) is 0 Å². The van der Waals surface area contributed by atoms with Gasteiger partial charge in [-0.3, -0.25) is 4.79 Å². The Morgan fingerprint density at radius 2 is 2.06 bits per heavy atom. The number of para-hydroxylation sites is 1. The van der Waals surface area contributed by atoms with Gasteiger partial charge in [-0.05, 0) is 28.1 Å². The number of amides is 2. The van der Waals surface area contributed by atoms with Crippen molar-refractivity contribution in [1.82, 2.24) is 4.90 Å². The van der Waals surface area contributed by atoms with Crippen LogP contribution in [-0.2, 0) is 4.79 Å². The second-order valence-corrected chi connectivity index (χ2v) is 4.88. The van der Waals surface area contributed by atoms with Gasteiger partial charge in [-0.25, -0.2) is 4.79 Å². The van der Waals surface area contributed by atoms with Crippen LogP contribution in [0.4, 0.5) is 10.5 Å². The number of carboxylic acid groups (broad SMARTS) is 1. The molecule has 0 saturated heterocycles. The highest BCUT2D eigenvalue weighted by Crippen LogP contribution is 2.21. The maximum atomic E-state index is 11.8. The molecule has 1 aromatic rings. The van der Waals surface area contributed by atoms with Gasteiger partial charge in [0.2, 0.25) is 0 Å². The molecule has 1 aromatic carbocycles. The molecule has 0 radical (unpaired) electrons. The first-order valence-corrected chi connectivity index (χ1v) is 6.20. The monoisotopic (exact) mass is 314 g/mol. The SMILES string of the molecule is CC(CN(C)C(=O)Nc1ccccc1Br)C(=O)O. The van der Waals surface area contributed by atoms with Crippen molar-refractivity contribution < 1.29 is 14.7 Å². The molecule has 0 aliphatic rings. The maximum Gasteiger partial charge on any atom is 0.321 e. The quantitative estimate of drug-likeness (QED) is 0.897. The normalized spacial score (nSPS) is 11.7. The van der Waals surface area contributed by atoms with E-state index in [1.807, 2.05) is 12.1 Å². The van der Waals surface area contributed by atoms with Gasteiger partial charge in [0.25, 0.3) is 0 Å². The van der Waals surface area contributed by atoms with Crippen LogP contribution in [0.3, 0.4) is 0 Å². The van der Waals surface area contributed by atoms with E-state index in [1.54, 1.807) is 26.1 Å². The first-order chi connectivity index (χ1) is 8.41. The molecule has 0 fully saturated rings. The summed E-state index contributed by atoms with van der Waals surface area (Å²) in [6, 6.07) is 6.89. The van der Waals surface area contributed by atoms with E-state index in [0.29, 0.717) is 5.69 Å². The third-order valence-electron chi connectivity index (χ3n) is 2.43. The molecule has 0 aliphatic heterocycles. The Labute approximate surface area is 114 Å². The summed E-state index contributed by atoms with van der Waals surface area (Å²) in [5.74, 6) is -1.52. The van der Waals surface area contributed by atoms with Crippen LogP contribution >= 0.6 is 15.9 Å². The molecular formula is C12H15BrN2O3. The topological polar surface area (TPSA) is 69.6 Å². The first-order valence-electron chi connectivity index (χ1n) is 5.41. The fraction of sp³-hybridized carbons (Fsp3) is 0.333. The molecule has 1 atom stereocenters. The average molecular weight is 315 g/mol. The summed E-state index contributed by atoms with van der Waals surface area (Å²) in [4.78, 5) is 23.9. The van der Waals surface area contributed by atoms with Crippen LogP contribution in [0.15, 0.2) is 28.7 Å². The summed E-state index contributed by atoms with van der Waals surface area (Å²) in [5, 5.41) is 11.5. The third-order valence-corrected chi connectivity index (χ3v) is 3.12. The second kappa shape index (κ2) is 6.39. The fourth-order valence-electron chi connectivity index (χ4n) is 1.35. The Morgan fingerprint density at radius 3 is 2.61 bits per heavy atom. The molecule has 1 unspecified atom stereocenters. The number of carbonyl (C=O) groups excluding carboxylic acids is 1. The molecule has 0 heterocycles. The van der Waals surface area contributed by atoms with Gasteiger partial charge in [-0.15, -0.1) is 0 Å². The number of carbonyl (C=O) groups is 2. The minimum absolute atomic E-state index is 0.158. The van der Waals surface area contributed by atoms with Crippen LogP contribution in [0.1, 0.15) is 6.92 Å².